The molecule has 0 amide bonds. The van der Waals surface area contributed by atoms with E-state index in [0.29, 0.717) is 12.0 Å². The highest BCUT2D eigenvalue weighted by Gasteiger charge is 2.32. The summed E-state index contributed by atoms with van der Waals surface area (Å²) in [6.45, 7) is 0. The van der Waals surface area contributed by atoms with Crippen molar-refractivity contribution in [1.29, 1.82) is 0 Å². The van der Waals surface area contributed by atoms with Crippen molar-refractivity contribution in [3.8, 4) is 11.4 Å². The Kier molecular flexibility index (Phi) is 3.19. The summed E-state index contributed by atoms with van der Waals surface area (Å²) < 4.78 is 7.67. The Morgan fingerprint density at radius 2 is 2.09 bits per heavy atom. The molecule has 0 bridgehead atoms. The van der Waals surface area contributed by atoms with Crippen LogP contribution in [0, 0.1) is 0 Å². The zero-order valence-corrected chi connectivity index (χ0v) is 13.9. The van der Waals surface area contributed by atoms with Crippen molar-refractivity contribution in [3.63, 3.8) is 0 Å². The van der Waals surface area contributed by atoms with Gasteiger partial charge < -0.3 is 0 Å². The van der Waals surface area contributed by atoms with Crippen molar-refractivity contribution in [3.05, 3.63) is 30.4 Å². The smallest absolute Gasteiger partial charge is 0.198 e. The molecular formula is C15H14N6S2. The van der Waals surface area contributed by atoms with E-state index in [1.807, 2.05) is 18.3 Å². The van der Waals surface area contributed by atoms with E-state index in [-0.39, 0.29) is 0 Å². The van der Waals surface area contributed by atoms with Gasteiger partial charge in [-0.2, -0.15) is 4.37 Å². The van der Waals surface area contributed by atoms with E-state index in [0.717, 1.165) is 26.7 Å². The van der Waals surface area contributed by atoms with Gasteiger partial charge in [0.2, 0.25) is 0 Å². The lowest BCUT2D eigenvalue weighted by atomic mass is 10.3. The number of pyridine rings is 1. The largest absolute Gasteiger partial charge is 0.299 e. The molecule has 3 heterocycles. The first kappa shape index (κ1) is 13.6. The monoisotopic (exact) mass is 342 g/mol. The van der Waals surface area contributed by atoms with Crippen LogP contribution in [0.5, 0.6) is 0 Å². The van der Waals surface area contributed by atoms with Crippen molar-refractivity contribution in [2.75, 3.05) is 0 Å². The Hall–Kier alpha value is -1.80. The second kappa shape index (κ2) is 5.38. The van der Waals surface area contributed by atoms with Crippen molar-refractivity contribution in [2.45, 2.75) is 47.1 Å². The minimum atomic E-state index is 0.499. The Bertz CT molecular complexity index is 835. The van der Waals surface area contributed by atoms with Crippen LogP contribution in [0.2, 0.25) is 0 Å². The first-order valence-electron chi connectivity index (χ1n) is 7.75. The third-order valence-corrected chi connectivity index (χ3v) is 5.77. The van der Waals surface area contributed by atoms with Gasteiger partial charge in [0.1, 0.15) is 5.82 Å². The summed E-state index contributed by atoms with van der Waals surface area (Å²) in [7, 11) is 0. The quantitative estimate of drug-likeness (QED) is 0.706. The first-order valence-corrected chi connectivity index (χ1v) is 9.34. The number of nitrogens with zero attached hydrogens (tertiary/aromatic N) is 6. The van der Waals surface area contributed by atoms with Gasteiger partial charge >= 0.3 is 0 Å². The molecule has 0 aliphatic heterocycles. The molecule has 0 spiro atoms. The van der Waals surface area contributed by atoms with Crippen molar-refractivity contribution in [1.82, 2.24) is 29.1 Å². The standard InChI is InChI=1S/C15H14N6S2/c1-2-10(8-16-7-1)13-18-19-14(21(13)11-5-6-11)22-15-17-12(20-23-15)9-3-4-9/h1-2,7-9,11H,3-6H2. The van der Waals surface area contributed by atoms with Crippen molar-refractivity contribution >= 4 is 23.3 Å². The van der Waals surface area contributed by atoms with Crippen LogP contribution in [0.4, 0.5) is 0 Å². The van der Waals surface area contributed by atoms with E-state index in [4.69, 9.17) is 0 Å². The zero-order chi connectivity index (χ0) is 15.2. The molecule has 0 unspecified atom stereocenters. The van der Waals surface area contributed by atoms with Crippen LogP contribution in [0.15, 0.2) is 34.0 Å². The maximum atomic E-state index is 4.65. The highest BCUT2D eigenvalue weighted by molar-refractivity contribution is 8.00. The first-order chi connectivity index (χ1) is 11.4. The van der Waals surface area contributed by atoms with Gasteiger partial charge in [0.25, 0.3) is 0 Å². The van der Waals surface area contributed by atoms with Crippen LogP contribution in [0.1, 0.15) is 43.5 Å². The Balaban J connectivity index is 1.48. The van der Waals surface area contributed by atoms with E-state index in [1.165, 1.54) is 37.2 Å². The minimum absolute atomic E-state index is 0.499. The highest BCUT2D eigenvalue weighted by atomic mass is 32.2. The maximum absolute atomic E-state index is 4.65. The fourth-order valence-electron chi connectivity index (χ4n) is 2.55. The lowest BCUT2D eigenvalue weighted by Crippen LogP contribution is -1.99. The van der Waals surface area contributed by atoms with Gasteiger partial charge in [0.15, 0.2) is 15.3 Å². The molecule has 3 aromatic heterocycles. The number of rotatable bonds is 5. The van der Waals surface area contributed by atoms with E-state index in [9.17, 15) is 0 Å². The lowest BCUT2D eigenvalue weighted by Gasteiger charge is -2.07. The van der Waals surface area contributed by atoms with Gasteiger partial charge in [-0.15, -0.1) is 10.2 Å². The molecule has 0 N–H and O–H groups in total. The molecule has 5 rings (SSSR count). The molecule has 23 heavy (non-hydrogen) atoms. The Morgan fingerprint density at radius 3 is 2.83 bits per heavy atom. The second-order valence-electron chi connectivity index (χ2n) is 5.94. The summed E-state index contributed by atoms with van der Waals surface area (Å²) >= 11 is 3.04. The molecule has 0 aromatic carbocycles. The molecule has 0 saturated heterocycles. The molecule has 2 saturated carbocycles. The lowest BCUT2D eigenvalue weighted by molar-refractivity contribution is 0.669. The van der Waals surface area contributed by atoms with Gasteiger partial charge in [-0.05, 0) is 61.1 Å². The fraction of sp³-hybridized carbons (Fsp3) is 0.400. The molecule has 2 aliphatic carbocycles. The van der Waals surface area contributed by atoms with Gasteiger partial charge in [0.05, 0.1) is 0 Å². The van der Waals surface area contributed by atoms with E-state index >= 15 is 0 Å². The molecule has 0 atom stereocenters. The molecule has 0 radical (unpaired) electrons. The van der Waals surface area contributed by atoms with Gasteiger partial charge in [-0.1, -0.05) is 0 Å². The third kappa shape index (κ3) is 2.66. The van der Waals surface area contributed by atoms with Crippen molar-refractivity contribution in [2.24, 2.45) is 0 Å². The SMILES string of the molecule is c1cncc(-c2nnc(Sc3nc(C4CC4)ns3)n2C2CC2)c1. The molecule has 2 fully saturated rings. The fourth-order valence-corrected chi connectivity index (χ4v) is 4.24. The van der Waals surface area contributed by atoms with E-state index < -0.39 is 0 Å². The summed E-state index contributed by atoms with van der Waals surface area (Å²) in [6.07, 6.45) is 8.43. The molecule has 8 heteroatoms. The predicted octanol–water partition coefficient (Wildman–Crippen LogP) is 3.56. The number of hydrogen-bond acceptors (Lipinski definition) is 7. The Morgan fingerprint density at radius 1 is 1.17 bits per heavy atom. The van der Waals surface area contributed by atoms with Crippen LogP contribution >= 0.6 is 23.3 Å². The van der Waals surface area contributed by atoms with E-state index in [2.05, 4.69) is 29.1 Å². The van der Waals surface area contributed by atoms with Gasteiger partial charge in [0, 0.05) is 29.9 Å². The van der Waals surface area contributed by atoms with Crippen molar-refractivity contribution < 1.29 is 0 Å². The van der Waals surface area contributed by atoms with Crippen LogP contribution in [0.25, 0.3) is 11.4 Å². The van der Waals surface area contributed by atoms with Crippen LogP contribution in [-0.2, 0) is 0 Å². The minimum Gasteiger partial charge on any atom is -0.299 e. The summed E-state index contributed by atoms with van der Waals surface area (Å²) in [5, 5.41) is 9.72. The summed E-state index contributed by atoms with van der Waals surface area (Å²) in [6, 6.07) is 4.46. The second-order valence-corrected chi connectivity index (χ2v) is 7.91. The van der Waals surface area contributed by atoms with Crippen LogP contribution < -0.4 is 0 Å². The summed E-state index contributed by atoms with van der Waals surface area (Å²) in [5.74, 6) is 2.49. The normalized spacial score (nSPS) is 17.6. The van der Waals surface area contributed by atoms with Gasteiger partial charge in [-0.3, -0.25) is 9.55 Å². The summed E-state index contributed by atoms with van der Waals surface area (Å²) in [5.41, 5.74) is 1.01. The van der Waals surface area contributed by atoms with Gasteiger partial charge in [-0.25, -0.2) is 4.98 Å². The Labute approximate surface area is 141 Å². The maximum Gasteiger partial charge on any atom is 0.198 e. The molecule has 116 valence electrons. The van der Waals surface area contributed by atoms with E-state index in [1.54, 1.807) is 18.0 Å². The van der Waals surface area contributed by atoms with Crippen LogP contribution in [0.3, 0.4) is 0 Å². The third-order valence-electron chi connectivity index (χ3n) is 4.04. The predicted molar refractivity (Wildman–Crippen MR) is 87.5 cm³/mol. The zero-order valence-electron chi connectivity index (χ0n) is 12.3. The highest BCUT2D eigenvalue weighted by Crippen LogP contribution is 2.44. The summed E-state index contributed by atoms with van der Waals surface area (Å²) in [4.78, 5) is 8.84. The molecule has 2 aliphatic rings. The molecule has 6 nitrogen and oxygen atoms in total. The number of hydrogen-bond donors (Lipinski definition) is 0. The topological polar surface area (TPSA) is 69.4 Å². The average Bonchev–Trinajstić information content (AvgIpc) is 3.52. The molecular weight excluding hydrogens is 328 g/mol. The number of aromatic nitrogens is 6. The van der Waals surface area contributed by atoms with Crippen LogP contribution in [-0.4, -0.2) is 29.1 Å². The average molecular weight is 342 g/mol. The molecule has 3 aromatic rings.